The molecule has 1 aromatic carbocycles. The average molecular weight is 263 g/mol. The molecule has 0 spiro atoms. The van der Waals surface area contributed by atoms with Crippen LogP contribution in [0.4, 0.5) is 0 Å². The first-order valence-corrected chi connectivity index (χ1v) is 6.65. The van der Waals surface area contributed by atoms with E-state index < -0.39 is 5.97 Å². The number of carboxylic acid groups (broad SMARTS) is 1. The molecule has 0 fully saturated rings. The predicted molar refractivity (Wildman–Crippen MR) is 74.0 cm³/mol. The third kappa shape index (κ3) is 4.39. The molecule has 1 rings (SSSR count). The van der Waals surface area contributed by atoms with E-state index in [0.29, 0.717) is 13.0 Å². The van der Waals surface area contributed by atoms with Crippen LogP contribution in [-0.2, 0) is 9.59 Å². The molecule has 1 N–H and O–H groups in total. The number of carbonyl (C=O) groups excluding carboxylic acids is 1. The average Bonchev–Trinajstić information content (AvgIpc) is 2.39. The van der Waals surface area contributed by atoms with Crippen LogP contribution < -0.4 is 0 Å². The molecule has 0 saturated carbocycles. The summed E-state index contributed by atoms with van der Waals surface area (Å²) >= 11 is 0. The summed E-state index contributed by atoms with van der Waals surface area (Å²) in [5.41, 5.74) is 0.946. The van der Waals surface area contributed by atoms with E-state index in [0.717, 1.165) is 12.0 Å². The number of hydrogen-bond acceptors (Lipinski definition) is 2. The van der Waals surface area contributed by atoms with Crippen molar-refractivity contribution in [2.75, 3.05) is 13.1 Å². The molecular weight excluding hydrogens is 242 g/mol. The van der Waals surface area contributed by atoms with Gasteiger partial charge in [-0.1, -0.05) is 44.2 Å². The van der Waals surface area contributed by atoms with Gasteiger partial charge < -0.3 is 10.0 Å². The Morgan fingerprint density at radius 3 is 2.32 bits per heavy atom. The molecule has 4 heteroatoms. The molecule has 0 aliphatic rings. The minimum absolute atomic E-state index is 0.0991. The molecule has 0 radical (unpaired) electrons. The Hall–Kier alpha value is -1.84. The molecule has 104 valence electrons. The summed E-state index contributed by atoms with van der Waals surface area (Å²) in [7, 11) is 0. The number of benzene rings is 1. The van der Waals surface area contributed by atoms with Gasteiger partial charge in [-0.25, -0.2) is 0 Å². The lowest BCUT2D eigenvalue weighted by atomic mass is 9.95. The minimum atomic E-state index is -0.968. The van der Waals surface area contributed by atoms with Crippen molar-refractivity contribution in [3.05, 3.63) is 35.9 Å². The van der Waals surface area contributed by atoms with Gasteiger partial charge in [0.1, 0.15) is 6.54 Å². The first kappa shape index (κ1) is 15.2. The minimum Gasteiger partial charge on any atom is -0.480 e. The van der Waals surface area contributed by atoms with Crippen LogP contribution in [0, 0.1) is 0 Å². The van der Waals surface area contributed by atoms with E-state index in [4.69, 9.17) is 5.11 Å². The Morgan fingerprint density at radius 2 is 1.84 bits per heavy atom. The lowest BCUT2D eigenvalue weighted by Gasteiger charge is -2.25. The molecule has 4 nitrogen and oxygen atoms in total. The van der Waals surface area contributed by atoms with Crippen molar-refractivity contribution in [3.63, 3.8) is 0 Å². The molecule has 1 unspecified atom stereocenters. The second-order valence-corrected chi connectivity index (χ2v) is 4.53. The maximum absolute atomic E-state index is 12.5. The van der Waals surface area contributed by atoms with Crippen molar-refractivity contribution >= 4 is 11.9 Å². The number of rotatable bonds is 7. The zero-order chi connectivity index (χ0) is 14.3. The van der Waals surface area contributed by atoms with Gasteiger partial charge in [-0.2, -0.15) is 0 Å². The molecule has 1 amide bonds. The molecule has 19 heavy (non-hydrogen) atoms. The van der Waals surface area contributed by atoms with E-state index >= 15 is 0 Å². The standard InChI is InChI=1S/C15H21NO3/c1-3-10-16(11-14(17)18)15(19)13(4-2)12-8-6-5-7-9-12/h5-9,13H,3-4,10-11H2,1-2H3,(H,17,18). The molecule has 1 atom stereocenters. The van der Waals surface area contributed by atoms with Crippen LogP contribution in [-0.4, -0.2) is 35.0 Å². The zero-order valence-electron chi connectivity index (χ0n) is 11.5. The molecular formula is C15H21NO3. The lowest BCUT2D eigenvalue weighted by Crippen LogP contribution is -2.39. The summed E-state index contributed by atoms with van der Waals surface area (Å²) in [6.07, 6.45) is 1.42. The van der Waals surface area contributed by atoms with Gasteiger partial charge in [0, 0.05) is 6.54 Å². The third-order valence-electron chi connectivity index (χ3n) is 3.04. The molecule has 0 bridgehead atoms. The first-order valence-electron chi connectivity index (χ1n) is 6.65. The second-order valence-electron chi connectivity index (χ2n) is 4.53. The third-order valence-corrected chi connectivity index (χ3v) is 3.04. The fourth-order valence-corrected chi connectivity index (χ4v) is 2.16. The van der Waals surface area contributed by atoms with Crippen LogP contribution in [0.2, 0.25) is 0 Å². The summed E-state index contributed by atoms with van der Waals surface area (Å²) < 4.78 is 0. The Balaban J connectivity index is 2.89. The number of aliphatic carboxylic acids is 1. The van der Waals surface area contributed by atoms with Crippen molar-refractivity contribution in [3.8, 4) is 0 Å². The molecule has 0 aromatic heterocycles. The van der Waals surface area contributed by atoms with E-state index in [1.165, 1.54) is 4.90 Å². The summed E-state index contributed by atoms with van der Waals surface area (Å²) in [5.74, 6) is -1.32. The van der Waals surface area contributed by atoms with E-state index in [9.17, 15) is 9.59 Å². The molecule has 0 aliphatic heterocycles. The molecule has 0 aliphatic carbocycles. The Kier molecular flexibility index (Phi) is 6.06. The highest BCUT2D eigenvalue weighted by molar-refractivity contribution is 5.86. The van der Waals surface area contributed by atoms with Crippen molar-refractivity contribution in [1.29, 1.82) is 0 Å². The fourth-order valence-electron chi connectivity index (χ4n) is 2.16. The Labute approximate surface area is 114 Å². The zero-order valence-corrected chi connectivity index (χ0v) is 11.5. The smallest absolute Gasteiger partial charge is 0.323 e. The van der Waals surface area contributed by atoms with Crippen molar-refractivity contribution in [2.24, 2.45) is 0 Å². The summed E-state index contributed by atoms with van der Waals surface area (Å²) in [4.78, 5) is 24.7. The number of amides is 1. The number of nitrogens with zero attached hydrogens (tertiary/aromatic N) is 1. The first-order chi connectivity index (χ1) is 9.10. The number of carboxylic acids is 1. The fraction of sp³-hybridized carbons (Fsp3) is 0.467. The number of hydrogen-bond donors (Lipinski definition) is 1. The highest BCUT2D eigenvalue weighted by atomic mass is 16.4. The van der Waals surface area contributed by atoms with Crippen LogP contribution in [0.3, 0.4) is 0 Å². The summed E-state index contributed by atoms with van der Waals surface area (Å²) in [6.45, 7) is 4.14. The SMILES string of the molecule is CCCN(CC(=O)O)C(=O)C(CC)c1ccccc1. The van der Waals surface area contributed by atoms with Gasteiger partial charge in [0.05, 0.1) is 5.92 Å². The Bertz CT molecular complexity index is 417. The highest BCUT2D eigenvalue weighted by Crippen LogP contribution is 2.22. The van der Waals surface area contributed by atoms with Gasteiger partial charge in [-0.15, -0.1) is 0 Å². The lowest BCUT2D eigenvalue weighted by molar-refractivity contribution is -0.145. The molecule has 0 saturated heterocycles. The quantitative estimate of drug-likeness (QED) is 0.822. The van der Waals surface area contributed by atoms with Gasteiger partial charge in [0.25, 0.3) is 0 Å². The van der Waals surface area contributed by atoms with Crippen molar-refractivity contribution < 1.29 is 14.7 Å². The van der Waals surface area contributed by atoms with Crippen LogP contribution in [0.1, 0.15) is 38.2 Å². The Morgan fingerprint density at radius 1 is 1.21 bits per heavy atom. The van der Waals surface area contributed by atoms with Gasteiger partial charge in [-0.05, 0) is 18.4 Å². The normalized spacial score (nSPS) is 11.9. The van der Waals surface area contributed by atoms with Crippen molar-refractivity contribution in [2.45, 2.75) is 32.6 Å². The van der Waals surface area contributed by atoms with Crippen LogP contribution in [0.5, 0.6) is 0 Å². The topological polar surface area (TPSA) is 57.6 Å². The van der Waals surface area contributed by atoms with Crippen LogP contribution >= 0.6 is 0 Å². The maximum atomic E-state index is 12.5. The monoisotopic (exact) mass is 263 g/mol. The highest BCUT2D eigenvalue weighted by Gasteiger charge is 2.25. The molecule has 1 aromatic rings. The maximum Gasteiger partial charge on any atom is 0.323 e. The van der Waals surface area contributed by atoms with E-state index in [2.05, 4.69) is 0 Å². The van der Waals surface area contributed by atoms with Gasteiger partial charge >= 0.3 is 5.97 Å². The predicted octanol–water partition coefficient (Wildman–Crippen LogP) is 2.50. The van der Waals surface area contributed by atoms with Crippen molar-refractivity contribution in [1.82, 2.24) is 4.90 Å². The van der Waals surface area contributed by atoms with Crippen LogP contribution in [0.15, 0.2) is 30.3 Å². The van der Waals surface area contributed by atoms with Crippen LogP contribution in [0.25, 0.3) is 0 Å². The van der Waals surface area contributed by atoms with Gasteiger partial charge in [-0.3, -0.25) is 9.59 Å². The summed E-state index contributed by atoms with van der Waals surface area (Å²) in [5, 5.41) is 8.89. The van der Waals surface area contributed by atoms with Gasteiger partial charge in [0.15, 0.2) is 0 Å². The van der Waals surface area contributed by atoms with Gasteiger partial charge in [0.2, 0.25) is 5.91 Å². The summed E-state index contributed by atoms with van der Waals surface area (Å²) in [6, 6.07) is 9.52. The van der Waals surface area contributed by atoms with E-state index in [-0.39, 0.29) is 18.4 Å². The van der Waals surface area contributed by atoms with E-state index in [1.807, 2.05) is 44.2 Å². The van der Waals surface area contributed by atoms with E-state index in [1.54, 1.807) is 0 Å². The second kappa shape index (κ2) is 7.56. The largest absolute Gasteiger partial charge is 0.480 e. The molecule has 0 heterocycles. The number of carbonyl (C=O) groups is 2.